The molecule has 0 atom stereocenters. The minimum atomic E-state index is -0.558. The van der Waals surface area contributed by atoms with Crippen molar-refractivity contribution in [1.82, 2.24) is 0 Å². The summed E-state index contributed by atoms with van der Waals surface area (Å²) < 4.78 is 14.0. The molecule has 0 heterocycles. The standard InChI is InChI=1S/C12H27N3S.2Li/c1-10(2,3)13-16(14-11(4,5)6)15-12(7,8)9;;/h1-9H3;;/q-2;2*+1. The summed E-state index contributed by atoms with van der Waals surface area (Å²) in [5.74, 6) is 0. The van der Waals surface area contributed by atoms with E-state index in [0.29, 0.717) is 0 Å². The van der Waals surface area contributed by atoms with Gasteiger partial charge in [0.1, 0.15) is 0 Å². The molecule has 0 saturated heterocycles. The van der Waals surface area contributed by atoms with Crippen molar-refractivity contribution in [3.63, 3.8) is 0 Å². The maximum atomic E-state index is 4.67. The van der Waals surface area contributed by atoms with Crippen LogP contribution in [0.25, 0.3) is 9.44 Å². The van der Waals surface area contributed by atoms with Gasteiger partial charge in [0.05, 0.1) is 5.54 Å². The van der Waals surface area contributed by atoms with Crippen molar-refractivity contribution in [1.29, 1.82) is 0 Å². The largest absolute Gasteiger partial charge is 1.00 e. The van der Waals surface area contributed by atoms with Gasteiger partial charge >= 0.3 is 37.7 Å². The Kier molecular flexibility index (Phi) is 11.5. The van der Waals surface area contributed by atoms with Crippen LogP contribution in [-0.4, -0.2) is 16.6 Å². The summed E-state index contributed by atoms with van der Waals surface area (Å²) in [7, 11) is 0. The van der Waals surface area contributed by atoms with E-state index in [9.17, 15) is 0 Å². The first kappa shape index (κ1) is 24.3. The molecule has 0 unspecified atom stereocenters. The second-order valence-electron chi connectivity index (χ2n) is 7.03. The Morgan fingerprint density at radius 1 is 0.667 bits per heavy atom. The summed E-state index contributed by atoms with van der Waals surface area (Å²) in [6.45, 7) is 18.8. The zero-order chi connectivity index (χ0) is 13.2. The van der Waals surface area contributed by atoms with E-state index in [0.717, 1.165) is 0 Å². The van der Waals surface area contributed by atoms with E-state index >= 15 is 0 Å². The van der Waals surface area contributed by atoms with Gasteiger partial charge in [-0.2, -0.15) is 0 Å². The number of rotatable bonds is 2. The maximum Gasteiger partial charge on any atom is 1.00 e. The molecule has 0 bridgehead atoms. The fourth-order valence-corrected chi connectivity index (χ4v) is 2.39. The van der Waals surface area contributed by atoms with Gasteiger partial charge in [0.2, 0.25) is 0 Å². The van der Waals surface area contributed by atoms with Crippen LogP contribution in [0.2, 0.25) is 0 Å². The summed E-state index contributed by atoms with van der Waals surface area (Å²) in [5, 5.41) is 0. The molecule has 0 aliphatic rings. The van der Waals surface area contributed by atoms with E-state index in [1.165, 1.54) is 0 Å². The van der Waals surface area contributed by atoms with E-state index in [1.54, 1.807) is 0 Å². The minimum absolute atomic E-state index is 0. The molecule has 98 valence electrons. The van der Waals surface area contributed by atoms with E-state index < -0.39 is 11.1 Å². The van der Waals surface area contributed by atoms with Crippen LogP contribution in [0.3, 0.4) is 0 Å². The van der Waals surface area contributed by atoms with Crippen LogP contribution >= 0.6 is 0 Å². The second kappa shape index (κ2) is 8.53. The van der Waals surface area contributed by atoms with Crippen LogP contribution in [-0.2, 0) is 11.1 Å². The van der Waals surface area contributed by atoms with Crippen LogP contribution in [0.4, 0.5) is 0 Å². The minimum Gasteiger partial charge on any atom is -0.608 e. The van der Waals surface area contributed by atoms with E-state index in [1.807, 2.05) is 0 Å². The fraction of sp³-hybridized carbons (Fsp3) is 1.00. The number of nitrogens with zero attached hydrogens (tertiary/aromatic N) is 3. The Labute approximate surface area is 141 Å². The van der Waals surface area contributed by atoms with Crippen molar-refractivity contribution in [2.75, 3.05) is 0 Å². The van der Waals surface area contributed by atoms with Crippen LogP contribution in [0.15, 0.2) is 4.36 Å². The van der Waals surface area contributed by atoms with Gasteiger partial charge in [-0.25, -0.2) is 0 Å². The zero-order valence-corrected chi connectivity index (χ0v) is 15.1. The third-order valence-corrected chi connectivity index (χ3v) is 3.20. The van der Waals surface area contributed by atoms with Crippen LogP contribution in [0.1, 0.15) is 62.3 Å². The molecule has 0 saturated carbocycles. The maximum absolute atomic E-state index is 4.67. The molecule has 0 aliphatic carbocycles. The van der Waals surface area contributed by atoms with E-state index in [2.05, 4.69) is 76.1 Å². The average molecular weight is 259 g/mol. The Morgan fingerprint density at radius 2 is 0.944 bits per heavy atom. The van der Waals surface area contributed by atoms with Crippen molar-refractivity contribution < 1.29 is 37.7 Å². The third-order valence-electron chi connectivity index (χ3n) is 1.07. The topological polar surface area (TPSA) is 40.6 Å². The molecular weight excluding hydrogens is 232 g/mol. The Hall–Kier alpha value is 1.26. The third kappa shape index (κ3) is 17.3. The van der Waals surface area contributed by atoms with Gasteiger partial charge in [0.25, 0.3) is 0 Å². The Bertz CT molecular complexity index is 242. The van der Waals surface area contributed by atoms with Gasteiger partial charge in [0.15, 0.2) is 0 Å². The van der Waals surface area contributed by atoms with Crippen molar-refractivity contribution in [3.8, 4) is 0 Å². The second-order valence-corrected chi connectivity index (χ2v) is 8.07. The molecule has 0 spiro atoms. The Balaban J connectivity index is -0.00000112. The summed E-state index contributed by atoms with van der Waals surface area (Å²) in [6, 6.07) is 0. The predicted molar refractivity (Wildman–Crippen MR) is 75.8 cm³/mol. The zero-order valence-electron chi connectivity index (χ0n) is 14.2. The SMILES string of the molecule is CC(C)(C)N=S([N-]C(C)(C)C)[N-]C(C)(C)C.[Li+].[Li+]. The molecule has 0 rings (SSSR count). The van der Waals surface area contributed by atoms with E-state index in [-0.39, 0.29) is 54.3 Å². The monoisotopic (exact) mass is 259 g/mol. The molecule has 0 aliphatic heterocycles. The molecule has 0 radical (unpaired) electrons. The van der Waals surface area contributed by atoms with Crippen LogP contribution in [0.5, 0.6) is 0 Å². The normalized spacial score (nSPS) is 12.8. The molecule has 0 N–H and O–H groups in total. The van der Waals surface area contributed by atoms with Crippen molar-refractivity contribution in [2.24, 2.45) is 4.36 Å². The molecule has 0 amide bonds. The number of hydrogen-bond acceptors (Lipinski definition) is 1. The van der Waals surface area contributed by atoms with Crippen molar-refractivity contribution in [3.05, 3.63) is 9.44 Å². The molecule has 3 nitrogen and oxygen atoms in total. The van der Waals surface area contributed by atoms with Gasteiger partial charge < -0.3 is 20.5 Å². The van der Waals surface area contributed by atoms with Gasteiger partial charge in [-0.1, -0.05) is 41.5 Å². The van der Waals surface area contributed by atoms with Crippen molar-refractivity contribution >= 4 is 11.1 Å². The molecular formula is C12H27Li2N3S. The number of hydrogen-bond donors (Lipinski definition) is 0. The summed E-state index contributed by atoms with van der Waals surface area (Å²) in [6.07, 6.45) is 0. The fourth-order valence-electron chi connectivity index (χ4n) is 0.796. The molecule has 0 aromatic carbocycles. The van der Waals surface area contributed by atoms with Gasteiger partial charge in [-0.15, -0.1) is 11.1 Å². The quantitative estimate of drug-likeness (QED) is 0.557. The van der Waals surface area contributed by atoms with Crippen LogP contribution in [0, 0.1) is 0 Å². The van der Waals surface area contributed by atoms with Gasteiger partial charge in [-0.05, 0) is 20.8 Å². The molecule has 0 aromatic heterocycles. The molecule has 18 heavy (non-hydrogen) atoms. The average Bonchev–Trinajstić information content (AvgIpc) is 1.70. The van der Waals surface area contributed by atoms with Crippen molar-refractivity contribution in [2.45, 2.75) is 78.9 Å². The first-order valence-electron chi connectivity index (χ1n) is 5.72. The summed E-state index contributed by atoms with van der Waals surface area (Å²) in [4.78, 5) is 0. The van der Waals surface area contributed by atoms with Crippen LogP contribution < -0.4 is 37.7 Å². The summed E-state index contributed by atoms with van der Waals surface area (Å²) >= 11 is -0.558. The van der Waals surface area contributed by atoms with E-state index in [4.69, 9.17) is 0 Å². The summed E-state index contributed by atoms with van der Waals surface area (Å²) in [5.41, 5.74) is -0.272. The first-order valence-corrected chi connectivity index (χ1v) is 6.81. The molecule has 6 heteroatoms. The molecule has 0 aromatic rings. The Morgan fingerprint density at radius 3 is 1.11 bits per heavy atom. The molecule has 0 fully saturated rings. The first-order chi connectivity index (χ1) is 6.79. The predicted octanol–water partition coefficient (Wildman–Crippen LogP) is -1.23. The van der Waals surface area contributed by atoms with Gasteiger partial charge in [-0.3, -0.25) is 4.36 Å². The smallest absolute Gasteiger partial charge is 0.608 e. The van der Waals surface area contributed by atoms with Gasteiger partial charge in [0, 0.05) is 0 Å².